The van der Waals surface area contributed by atoms with Gasteiger partial charge in [-0.2, -0.15) is 0 Å². The van der Waals surface area contributed by atoms with Crippen LogP contribution in [0.5, 0.6) is 0 Å². The van der Waals surface area contributed by atoms with Gasteiger partial charge in [0.1, 0.15) is 4.90 Å². The lowest BCUT2D eigenvalue weighted by molar-refractivity contribution is 0.412. The number of nitrogens with zero attached hydrogens (tertiary/aromatic N) is 1. The zero-order valence-corrected chi connectivity index (χ0v) is 12.0. The summed E-state index contributed by atoms with van der Waals surface area (Å²) in [5, 5.41) is 3.06. The van der Waals surface area contributed by atoms with Gasteiger partial charge in [-0.25, -0.2) is 13.1 Å². The van der Waals surface area contributed by atoms with E-state index in [1.807, 2.05) is 6.92 Å². The van der Waals surface area contributed by atoms with Crippen molar-refractivity contribution in [2.24, 2.45) is 0 Å². The molecule has 19 heavy (non-hydrogen) atoms. The molecule has 0 aromatic carbocycles. The molecule has 0 saturated heterocycles. The van der Waals surface area contributed by atoms with E-state index in [0.717, 1.165) is 25.7 Å². The fourth-order valence-corrected chi connectivity index (χ4v) is 3.86. The van der Waals surface area contributed by atoms with E-state index in [-0.39, 0.29) is 10.9 Å². The van der Waals surface area contributed by atoms with E-state index in [9.17, 15) is 8.42 Å². The summed E-state index contributed by atoms with van der Waals surface area (Å²) in [6.07, 6.45) is 8.25. The van der Waals surface area contributed by atoms with Gasteiger partial charge in [0.2, 0.25) is 10.0 Å². The van der Waals surface area contributed by atoms with Crippen molar-refractivity contribution in [3.8, 4) is 0 Å². The predicted octanol–water partition coefficient (Wildman–Crippen LogP) is 2.12. The molecular formula is C13H21N3O2S. The second kappa shape index (κ2) is 6.34. The number of anilines is 1. The molecule has 0 aliphatic heterocycles. The third kappa shape index (κ3) is 3.67. The molecule has 0 spiro atoms. The highest BCUT2D eigenvalue weighted by molar-refractivity contribution is 7.89. The average Bonchev–Trinajstić information content (AvgIpc) is 2.40. The zero-order valence-electron chi connectivity index (χ0n) is 11.2. The monoisotopic (exact) mass is 283 g/mol. The third-order valence-electron chi connectivity index (χ3n) is 3.37. The van der Waals surface area contributed by atoms with Gasteiger partial charge in [0.05, 0.1) is 5.69 Å². The summed E-state index contributed by atoms with van der Waals surface area (Å²) < 4.78 is 27.6. The summed E-state index contributed by atoms with van der Waals surface area (Å²) in [6, 6.07) is 1.76. The lowest BCUT2D eigenvalue weighted by Gasteiger charge is -2.23. The average molecular weight is 283 g/mol. The van der Waals surface area contributed by atoms with Crippen molar-refractivity contribution >= 4 is 15.7 Å². The fourth-order valence-electron chi connectivity index (χ4n) is 2.43. The van der Waals surface area contributed by atoms with Crippen LogP contribution in [0.1, 0.15) is 39.0 Å². The van der Waals surface area contributed by atoms with Crippen LogP contribution < -0.4 is 10.0 Å². The molecule has 0 unspecified atom stereocenters. The number of rotatable bonds is 5. The summed E-state index contributed by atoms with van der Waals surface area (Å²) in [4.78, 5) is 4.17. The molecule has 1 aromatic heterocycles. The number of sulfonamides is 1. The Balaban J connectivity index is 2.18. The smallest absolute Gasteiger partial charge is 0.244 e. The number of aromatic nitrogens is 1. The molecule has 0 radical (unpaired) electrons. The van der Waals surface area contributed by atoms with Crippen LogP contribution in [0.4, 0.5) is 5.69 Å². The predicted molar refractivity (Wildman–Crippen MR) is 75.6 cm³/mol. The van der Waals surface area contributed by atoms with E-state index in [1.54, 1.807) is 12.3 Å². The summed E-state index contributed by atoms with van der Waals surface area (Å²) in [5.74, 6) is 0. The van der Waals surface area contributed by atoms with E-state index in [2.05, 4.69) is 15.0 Å². The van der Waals surface area contributed by atoms with Gasteiger partial charge in [-0.3, -0.25) is 4.98 Å². The summed E-state index contributed by atoms with van der Waals surface area (Å²) >= 11 is 0. The van der Waals surface area contributed by atoms with Crippen LogP contribution in [0.15, 0.2) is 23.4 Å². The first-order chi connectivity index (χ1) is 9.13. The van der Waals surface area contributed by atoms with Gasteiger partial charge in [0.25, 0.3) is 0 Å². The molecule has 0 amide bonds. The summed E-state index contributed by atoms with van der Waals surface area (Å²) in [7, 11) is -3.49. The highest BCUT2D eigenvalue weighted by atomic mass is 32.2. The van der Waals surface area contributed by atoms with Crippen molar-refractivity contribution in [3.63, 3.8) is 0 Å². The zero-order chi connectivity index (χ0) is 13.7. The van der Waals surface area contributed by atoms with Crippen LogP contribution in [-0.4, -0.2) is 26.0 Å². The Morgan fingerprint density at radius 1 is 1.32 bits per heavy atom. The number of pyridine rings is 1. The molecule has 5 nitrogen and oxygen atoms in total. The normalized spacial score (nSPS) is 17.3. The van der Waals surface area contributed by atoms with Gasteiger partial charge >= 0.3 is 0 Å². The van der Waals surface area contributed by atoms with Gasteiger partial charge in [0, 0.05) is 25.0 Å². The molecule has 106 valence electrons. The largest absolute Gasteiger partial charge is 0.384 e. The standard InChI is InChI=1S/C13H21N3O2S/c1-2-15-12-8-9-14-10-13(12)19(17,18)16-11-6-4-3-5-7-11/h8-11,16H,2-7H2,1H3,(H,14,15). The third-order valence-corrected chi connectivity index (χ3v) is 4.92. The van der Waals surface area contributed by atoms with Gasteiger partial charge in [-0.1, -0.05) is 19.3 Å². The number of hydrogen-bond acceptors (Lipinski definition) is 4. The van der Waals surface area contributed by atoms with Gasteiger partial charge in [-0.05, 0) is 25.8 Å². The number of hydrogen-bond donors (Lipinski definition) is 2. The van der Waals surface area contributed by atoms with Crippen molar-refractivity contribution in [3.05, 3.63) is 18.5 Å². The Morgan fingerprint density at radius 2 is 2.05 bits per heavy atom. The first kappa shape index (κ1) is 14.3. The Kier molecular flexibility index (Phi) is 4.76. The quantitative estimate of drug-likeness (QED) is 0.868. The van der Waals surface area contributed by atoms with Crippen LogP contribution in [0.3, 0.4) is 0 Å². The molecule has 2 N–H and O–H groups in total. The molecule has 6 heteroatoms. The van der Waals surface area contributed by atoms with Crippen molar-refractivity contribution in [1.82, 2.24) is 9.71 Å². The van der Waals surface area contributed by atoms with Crippen molar-refractivity contribution < 1.29 is 8.42 Å². The topological polar surface area (TPSA) is 71.1 Å². The molecule has 0 bridgehead atoms. The number of nitrogens with one attached hydrogen (secondary N) is 2. The maximum atomic E-state index is 12.4. The minimum absolute atomic E-state index is 0.0634. The Morgan fingerprint density at radius 3 is 2.74 bits per heavy atom. The Labute approximate surface area is 114 Å². The van der Waals surface area contributed by atoms with Crippen molar-refractivity contribution in [2.45, 2.75) is 50.0 Å². The SMILES string of the molecule is CCNc1ccncc1S(=O)(=O)NC1CCCCC1. The first-order valence-electron chi connectivity index (χ1n) is 6.83. The second-order valence-electron chi connectivity index (χ2n) is 4.86. The molecular weight excluding hydrogens is 262 g/mol. The summed E-state index contributed by atoms with van der Waals surface area (Å²) in [6.45, 7) is 2.61. The van der Waals surface area contributed by atoms with Crippen molar-refractivity contribution in [1.29, 1.82) is 0 Å². The molecule has 1 aromatic rings. The van der Waals surface area contributed by atoms with E-state index >= 15 is 0 Å². The molecule has 1 fully saturated rings. The van der Waals surface area contributed by atoms with E-state index in [1.165, 1.54) is 12.6 Å². The molecule has 1 aliphatic rings. The summed E-state index contributed by atoms with van der Waals surface area (Å²) in [5.41, 5.74) is 0.612. The minimum Gasteiger partial charge on any atom is -0.384 e. The molecule has 1 saturated carbocycles. The van der Waals surface area contributed by atoms with E-state index < -0.39 is 10.0 Å². The molecule has 1 aliphatic carbocycles. The van der Waals surface area contributed by atoms with Gasteiger partial charge in [-0.15, -0.1) is 0 Å². The maximum absolute atomic E-state index is 12.4. The minimum atomic E-state index is -3.49. The van der Waals surface area contributed by atoms with E-state index in [0.29, 0.717) is 12.2 Å². The second-order valence-corrected chi connectivity index (χ2v) is 6.54. The lowest BCUT2D eigenvalue weighted by atomic mass is 9.96. The first-order valence-corrected chi connectivity index (χ1v) is 8.32. The van der Waals surface area contributed by atoms with Gasteiger partial charge < -0.3 is 5.32 Å². The highest BCUT2D eigenvalue weighted by Crippen LogP contribution is 2.23. The maximum Gasteiger partial charge on any atom is 0.244 e. The van der Waals surface area contributed by atoms with E-state index in [4.69, 9.17) is 0 Å². The highest BCUT2D eigenvalue weighted by Gasteiger charge is 2.24. The van der Waals surface area contributed by atoms with Gasteiger partial charge in [0.15, 0.2) is 0 Å². The Hall–Kier alpha value is -1.14. The van der Waals surface area contributed by atoms with Crippen LogP contribution in [-0.2, 0) is 10.0 Å². The van der Waals surface area contributed by atoms with Crippen LogP contribution in [0.25, 0.3) is 0 Å². The molecule has 1 heterocycles. The lowest BCUT2D eigenvalue weighted by Crippen LogP contribution is -2.36. The van der Waals surface area contributed by atoms with Crippen LogP contribution in [0.2, 0.25) is 0 Å². The fraction of sp³-hybridized carbons (Fsp3) is 0.615. The molecule has 2 rings (SSSR count). The Bertz CT molecular complexity index is 510. The van der Waals surface area contributed by atoms with Crippen LogP contribution >= 0.6 is 0 Å². The molecule has 0 atom stereocenters. The van der Waals surface area contributed by atoms with Crippen LogP contribution in [0, 0.1) is 0 Å². The van der Waals surface area contributed by atoms with Crippen molar-refractivity contribution in [2.75, 3.05) is 11.9 Å².